The van der Waals surface area contributed by atoms with Crippen LogP contribution in [-0.4, -0.2) is 31.2 Å². The number of benzene rings is 1. The lowest BCUT2D eigenvalue weighted by Crippen LogP contribution is -2.35. The molecule has 0 saturated carbocycles. The lowest BCUT2D eigenvalue weighted by Gasteiger charge is -2.28. The van der Waals surface area contributed by atoms with Crippen molar-refractivity contribution in [2.24, 2.45) is 0 Å². The summed E-state index contributed by atoms with van der Waals surface area (Å²) in [5.74, 6) is 0. The quantitative estimate of drug-likeness (QED) is 0.755. The van der Waals surface area contributed by atoms with Crippen LogP contribution in [0.5, 0.6) is 0 Å². The van der Waals surface area contributed by atoms with E-state index >= 15 is 0 Å². The zero-order chi connectivity index (χ0) is 14.3. The van der Waals surface area contributed by atoms with Gasteiger partial charge in [0.2, 0.25) is 0 Å². The highest BCUT2D eigenvalue weighted by molar-refractivity contribution is 5.37. The maximum atomic E-state index is 8.90. The lowest BCUT2D eigenvalue weighted by atomic mass is 10.0. The molecule has 19 heavy (non-hydrogen) atoms. The molecule has 0 aliphatic rings. The van der Waals surface area contributed by atoms with E-state index in [0.717, 1.165) is 31.7 Å². The summed E-state index contributed by atoms with van der Waals surface area (Å²) in [6.07, 6.45) is 1.12. The average molecular weight is 260 g/mol. The molecule has 3 heteroatoms. The van der Waals surface area contributed by atoms with Crippen molar-refractivity contribution in [2.75, 3.05) is 20.3 Å². The van der Waals surface area contributed by atoms with E-state index in [1.54, 1.807) is 7.11 Å². The molecule has 0 aliphatic heterocycles. The highest BCUT2D eigenvalue weighted by Gasteiger charge is 2.13. The summed E-state index contributed by atoms with van der Waals surface area (Å²) in [4.78, 5) is 2.43. The summed E-state index contributed by atoms with van der Waals surface area (Å²) >= 11 is 0. The van der Waals surface area contributed by atoms with Crippen LogP contribution in [-0.2, 0) is 11.3 Å². The number of hydrogen-bond acceptors (Lipinski definition) is 3. The van der Waals surface area contributed by atoms with Crippen molar-refractivity contribution in [1.82, 2.24) is 4.90 Å². The van der Waals surface area contributed by atoms with Gasteiger partial charge in [-0.1, -0.05) is 13.0 Å². The van der Waals surface area contributed by atoms with Crippen LogP contribution in [0.3, 0.4) is 0 Å². The molecule has 0 saturated heterocycles. The van der Waals surface area contributed by atoms with Gasteiger partial charge in [0.05, 0.1) is 18.2 Å². The highest BCUT2D eigenvalue weighted by atomic mass is 16.5. The van der Waals surface area contributed by atoms with Gasteiger partial charge >= 0.3 is 0 Å². The van der Waals surface area contributed by atoms with Crippen molar-refractivity contribution in [3.05, 3.63) is 34.9 Å². The van der Waals surface area contributed by atoms with Crippen molar-refractivity contribution in [2.45, 2.75) is 39.8 Å². The van der Waals surface area contributed by atoms with Gasteiger partial charge in [-0.05, 0) is 43.5 Å². The molecule has 0 heterocycles. The van der Waals surface area contributed by atoms with E-state index in [4.69, 9.17) is 10.00 Å². The van der Waals surface area contributed by atoms with E-state index in [9.17, 15) is 0 Å². The van der Waals surface area contributed by atoms with Gasteiger partial charge in [-0.15, -0.1) is 0 Å². The number of hydrogen-bond donors (Lipinski definition) is 0. The molecule has 1 aromatic rings. The smallest absolute Gasteiger partial charge is 0.0991 e. The van der Waals surface area contributed by atoms with Gasteiger partial charge < -0.3 is 4.74 Å². The second-order valence-electron chi connectivity index (χ2n) is 4.97. The Morgan fingerprint density at radius 2 is 2.16 bits per heavy atom. The number of aryl methyl sites for hydroxylation is 1. The molecule has 0 bridgehead atoms. The Morgan fingerprint density at radius 3 is 2.68 bits per heavy atom. The molecule has 0 amide bonds. The standard InChI is InChI=1S/C16H24N2O/c1-5-14(3)18(8-9-19-4)12-16-7-6-15(11-17)10-13(16)2/h6-7,10,14H,5,8-9,12H2,1-4H3. The second kappa shape index (κ2) is 7.93. The summed E-state index contributed by atoms with van der Waals surface area (Å²) < 4.78 is 5.19. The predicted octanol–water partition coefficient (Wildman–Crippen LogP) is 3.11. The molecule has 1 unspecified atom stereocenters. The number of nitriles is 1. The maximum Gasteiger partial charge on any atom is 0.0991 e. The summed E-state index contributed by atoms with van der Waals surface area (Å²) in [6, 6.07) is 8.64. The maximum absolute atomic E-state index is 8.90. The molecule has 0 N–H and O–H groups in total. The van der Waals surface area contributed by atoms with Crippen LogP contribution in [0.4, 0.5) is 0 Å². The van der Waals surface area contributed by atoms with E-state index in [1.807, 2.05) is 12.1 Å². The minimum Gasteiger partial charge on any atom is -0.383 e. The Hall–Kier alpha value is -1.37. The largest absolute Gasteiger partial charge is 0.383 e. The van der Waals surface area contributed by atoms with Crippen molar-refractivity contribution in [3.63, 3.8) is 0 Å². The molecule has 1 atom stereocenters. The molecule has 0 spiro atoms. The Bertz CT molecular complexity index is 437. The van der Waals surface area contributed by atoms with Crippen molar-refractivity contribution in [1.29, 1.82) is 5.26 Å². The lowest BCUT2D eigenvalue weighted by molar-refractivity contribution is 0.118. The summed E-state index contributed by atoms with van der Waals surface area (Å²) in [5, 5.41) is 8.90. The van der Waals surface area contributed by atoms with Gasteiger partial charge in [-0.2, -0.15) is 5.26 Å². The van der Waals surface area contributed by atoms with Crippen LogP contribution in [0.2, 0.25) is 0 Å². The summed E-state index contributed by atoms with van der Waals surface area (Å²) in [6.45, 7) is 9.12. The Labute approximate surface area is 116 Å². The topological polar surface area (TPSA) is 36.3 Å². The van der Waals surface area contributed by atoms with Crippen molar-refractivity contribution < 1.29 is 4.74 Å². The fraction of sp³-hybridized carbons (Fsp3) is 0.562. The van der Waals surface area contributed by atoms with Gasteiger partial charge in [0.25, 0.3) is 0 Å². The molecular weight excluding hydrogens is 236 g/mol. The first kappa shape index (κ1) is 15.7. The first-order valence-electron chi connectivity index (χ1n) is 6.85. The molecule has 0 aromatic heterocycles. The van der Waals surface area contributed by atoms with Crippen LogP contribution in [0.1, 0.15) is 37.0 Å². The Kier molecular flexibility index (Phi) is 6.55. The fourth-order valence-electron chi connectivity index (χ4n) is 2.08. The summed E-state index contributed by atoms with van der Waals surface area (Å²) in [5.41, 5.74) is 3.20. The van der Waals surface area contributed by atoms with Gasteiger partial charge in [0.15, 0.2) is 0 Å². The van der Waals surface area contributed by atoms with Crippen LogP contribution in [0.25, 0.3) is 0 Å². The average Bonchev–Trinajstić information content (AvgIpc) is 2.43. The van der Waals surface area contributed by atoms with Crippen LogP contribution in [0.15, 0.2) is 18.2 Å². The van der Waals surface area contributed by atoms with E-state index in [2.05, 4.69) is 37.8 Å². The third-order valence-corrected chi connectivity index (χ3v) is 3.64. The Balaban J connectivity index is 2.81. The SMILES string of the molecule is CCC(C)N(CCOC)Cc1ccc(C#N)cc1C. The predicted molar refractivity (Wildman–Crippen MR) is 77.9 cm³/mol. The monoisotopic (exact) mass is 260 g/mol. The molecule has 0 aliphatic carbocycles. The van der Waals surface area contributed by atoms with Crippen LogP contribution >= 0.6 is 0 Å². The third kappa shape index (κ3) is 4.66. The van der Waals surface area contributed by atoms with E-state index in [1.165, 1.54) is 11.1 Å². The van der Waals surface area contributed by atoms with E-state index in [-0.39, 0.29) is 0 Å². The number of rotatable bonds is 7. The molecule has 0 fully saturated rings. The third-order valence-electron chi connectivity index (χ3n) is 3.64. The zero-order valence-electron chi connectivity index (χ0n) is 12.4. The minimum atomic E-state index is 0.533. The van der Waals surface area contributed by atoms with Gasteiger partial charge in [0.1, 0.15) is 0 Å². The highest BCUT2D eigenvalue weighted by Crippen LogP contribution is 2.15. The van der Waals surface area contributed by atoms with Crippen molar-refractivity contribution in [3.8, 4) is 6.07 Å². The van der Waals surface area contributed by atoms with Crippen molar-refractivity contribution >= 4 is 0 Å². The number of methoxy groups -OCH3 is 1. The molecule has 104 valence electrons. The van der Waals surface area contributed by atoms with Gasteiger partial charge in [-0.25, -0.2) is 0 Å². The normalized spacial score (nSPS) is 12.4. The first-order chi connectivity index (χ1) is 9.12. The van der Waals surface area contributed by atoms with Gasteiger partial charge in [0, 0.05) is 26.2 Å². The molecule has 0 radical (unpaired) electrons. The number of ether oxygens (including phenoxy) is 1. The zero-order valence-corrected chi connectivity index (χ0v) is 12.4. The molecular formula is C16H24N2O. The molecule has 1 rings (SSSR count). The number of nitrogens with zero attached hydrogens (tertiary/aromatic N) is 2. The molecule has 3 nitrogen and oxygen atoms in total. The molecule has 1 aromatic carbocycles. The second-order valence-corrected chi connectivity index (χ2v) is 4.97. The van der Waals surface area contributed by atoms with E-state index in [0.29, 0.717) is 6.04 Å². The first-order valence-corrected chi connectivity index (χ1v) is 6.85. The minimum absolute atomic E-state index is 0.533. The van der Waals surface area contributed by atoms with Gasteiger partial charge in [-0.3, -0.25) is 4.90 Å². The summed E-state index contributed by atoms with van der Waals surface area (Å²) in [7, 11) is 1.74. The Morgan fingerprint density at radius 1 is 1.42 bits per heavy atom. The van der Waals surface area contributed by atoms with Crippen LogP contribution in [0, 0.1) is 18.3 Å². The fourth-order valence-corrected chi connectivity index (χ4v) is 2.08. The van der Waals surface area contributed by atoms with Crippen LogP contribution < -0.4 is 0 Å². The van der Waals surface area contributed by atoms with E-state index < -0.39 is 0 Å².